The quantitative estimate of drug-likeness (QED) is 0.821. The smallest absolute Gasteiger partial charge is 0.254 e. The Labute approximate surface area is 130 Å². The maximum absolute atomic E-state index is 12.6. The van der Waals surface area contributed by atoms with Crippen LogP contribution in [0.3, 0.4) is 0 Å². The van der Waals surface area contributed by atoms with Crippen molar-refractivity contribution in [3.63, 3.8) is 0 Å². The van der Waals surface area contributed by atoms with Crippen LogP contribution in [-0.2, 0) is 4.74 Å². The van der Waals surface area contributed by atoms with E-state index in [0.717, 1.165) is 26.0 Å². The van der Waals surface area contributed by atoms with Gasteiger partial charge in [0.15, 0.2) is 0 Å². The maximum atomic E-state index is 12.6. The number of carbonyl (C=O) groups excluding carboxylic acids is 1. The molecule has 0 bridgehead atoms. The lowest BCUT2D eigenvalue weighted by atomic mass is 10.2. The van der Waals surface area contributed by atoms with E-state index in [1.165, 1.54) is 0 Å². The van der Waals surface area contributed by atoms with Crippen molar-refractivity contribution in [2.45, 2.75) is 32.8 Å². The molecule has 1 aliphatic heterocycles. The molecule has 21 heavy (non-hydrogen) atoms. The molecular weight excluding hydrogens is 290 g/mol. The molecule has 2 heterocycles. The molecule has 1 aromatic heterocycles. The summed E-state index contributed by atoms with van der Waals surface area (Å²) in [6, 6.07) is 3.36. The molecule has 2 rings (SSSR count). The summed E-state index contributed by atoms with van der Waals surface area (Å²) in [7, 11) is 0. The van der Waals surface area contributed by atoms with Crippen LogP contribution in [0.1, 0.15) is 37.0 Å². The Morgan fingerprint density at radius 1 is 1.52 bits per heavy atom. The second-order valence-corrected chi connectivity index (χ2v) is 5.46. The van der Waals surface area contributed by atoms with Crippen LogP contribution < -0.4 is 5.32 Å². The molecule has 116 valence electrons. The summed E-state index contributed by atoms with van der Waals surface area (Å²) in [5, 5.41) is 3.41. The number of anilines is 1. The Bertz CT molecular complexity index is 490. The van der Waals surface area contributed by atoms with Crippen LogP contribution in [0, 0.1) is 0 Å². The summed E-state index contributed by atoms with van der Waals surface area (Å²) in [5.41, 5.74) is 0.561. The van der Waals surface area contributed by atoms with E-state index in [1.807, 2.05) is 13.8 Å². The highest BCUT2D eigenvalue weighted by molar-refractivity contribution is 6.29. The Balaban J connectivity index is 2.12. The van der Waals surface area contributed by atoms with Crippen molar-refractivity contribution in [1.29, 1.82) is 0 Å². The largest absolute Gasteiger partial charge is 0.376 e. The number of hydrogen-bond donors (Lipinski definition) is 1. The summed E-state index contributed by atoms with van der Waals surface area (Å²) in [6.45, 7) is 6.75. The van der Waals surface area contributed by atoms with Crippen LogP contribution in [0.25, 0.3) is 0 Å². The summed E-state index contributed by atoms with van der Waals surface area (Å²) in [6.07, 6.45) is 2.24. The highest BCUT2D eigenvalue weighted by Crippen LogP contribution is 2.18. The molecule has 1 fully saturated rings. The van der Waals surface area contributed by atoms with E-state index in [0.29, 0.717) is 29.6 Å². The van der Waals surface area contributed by atoms with E-state index in [1.54, 1.807) is 17.0 Å². The molecule has 1 amide bonds. The van der Waals surface area contributed by atoms with Gasteiger partial charge in [0.05, 0.1) is 6.10 Å². The van der Waals surface area contributed by atoms with Gasteiger partial charge in [-0.25, -0.2) is 4.98 Å². The first-order valence-electron chi connectivity index (χ1n) is 7.46. The SMILES string of the molecule is CCNc1cc(C(=O)N(CC)CC2CCCO2)cc(Cl)n1. The second-order valence-electron chi connectivity index (χ2n) is 5.07. The Kier molecular flexibility index (Phi) is 5.82. The number of ether oxygens (including phenoxy) is 1. The van der Waals surface area contributed by atoms with Crippen LogP contribution in [0.5, 0.6) is 0 Å². The molecule has 1 aromatic rings. The van der Waals surface area contributed by atoms with Gasteiger partial charge in [-0.1, -0.05) is 11.6 Å². The van der Waals surface area contributed by atoms with Gasteiger partial charge in [0.25, 0.3) is 5.91 Å². The molecule has 0 spiro atoms. The molecule has 5 nitrogen and oxygen atoms in total. The number of pyridine rings is 1. The third kappa shape index (κ3) is 4.32. The monoisotopic (exact) mass is 311 g/mol. The van der Waals surface area contributed by atoms with E-state index in [2.05, 4.69) is 10.3 Å². The van der Waals surface area contributed by atoms with E-state index >= 15 is 0 Å². The lowest BCUT2D eigenvalue weighted by Crippen LogP contribution is -2.37. The fraction of sp³-hybridized carbons (Fsp3) is 0.600. The first kappa shape index (κ1) is 16.0. The van der Waals surface area contributed by atoms with Crippen molar-refractivity contribution >= 4 is 23.3 Å². The molecule has 0 saturated carbocycles. The molecule has 1 unspecified atom stereocenters. The van der Waals surface area contributed by atoms with Gasteiger partial charge in [0, 0.05) is 31.8 Å². The predicted octanol–water partition coefficient (Wildman–Crippen LogP) is 2.81. The molecule has 1 atom stereocenters. The van der Waals surface area contributed by atoms with Crippen LogP contribution >= 0.6 is 11.6 Å². The third-order valence-corrected chi connectivity index (χ3v) is 3.71. The van der Waals surface area contributed by atoms with E-state index in [4.69, 9.17) is 16.3 Å². The summed E-state index contributed by atoms with van der Waals surface area (Å²) in [4.78, 5) is 18.6. The molecule has 1 aliphatic rings. The molecule has 0 aromatic carbocycles. The first-order valence-corrected chi connectivity index (χ1v) is 7.84. The number of amides is 1. The summed E-state index contributed by atoms with van der Waals surface area (Å²) >= 11 is 6.00. The number of likely N-dealkylation sites (N-methyl/N-ethyl adjacent to an activating group) is 1. The van der Waals surface area contributed by atoms with Crippen molar-refractivity contribution in [1.82, 2.24) is 9.88 Å². The van der Waals surface area contributed by atoms with Crippen molar-refractivity contribution in [3.8, 4) is 0 Å². The Morgan fingerprint density at radius 3 is 2.95 bits per heavy atom. The molecule has 1 N–H and O–H groups in total. The molecule has 0 radical (unpaired) electrons. The Morgan fingerprint density at radius 2 is 2.33 bits per heavy atom. The van der Waals surface area contributed by atoms with Crippen LogP contribution in [0.2, 0.25) is 5.15 Å². The normalized spacial score (nSPS) is 17.8. The minimum absolute atomic E-state index is 0.0311. The van der Waals surface area contributed by atoms with Crippen molar-refractivity contribution in [2.75, 3.05) is 31.6 Å². The standard InChI is InChI=1S/C15H22ClN3O2/c1-3-17-14-9-11(8-13(16)18-14)15(20)19(4-2)10-12-6-5-7-21-12/h8-9,12H,3-7,10H2,1-2H3,(H,17,18). The number of halogens is 1. The summed E-state index contributed by atoms with van der Waals surface area (Å²) < 4.78 is 5.61. The number of nitrogens with one attached hydrogen (secondary N) is 1. The highest BCUT2D eigenvalue weighted by atomic mass is 35.5. The number of aromatic nitrogens is 1. The maximum Gasteiger partial charge on any atom is 0.254 e. The minimum atomic E-state index is -0.0311. The number of carbonyl (C=O) groups is 1. The second kappa shape index (κ2) is 7.61. The van der Waals surface area contributed by atoms with Crippen LogP contribution in [0.4, 0.5) is 5.82 Å². The van der Waals surface area contributed by atoms with E-state index in [9.17, 15) is 4.79 Å². The van der Waals surface area contributed by atoms with Gasteiger partial charge in [0.1, 0.15) is 11.0 Å². The van der Waals surface area contributed by atoms with Crippen molar-refractivity contribution < 1.29 is 9.53 Å². The molecule has 6 heteroatoms. The van der Waals surface area contributed by atoms with Crippen LogP contribution in [0.15, 0.2) is 12.1 Å². The zero-order valence-electron chi connectivity index (χ0n) is 12.6. The van der Waals surface area contributed by atoms with Gasteiger partial charge < -0.3 is 15.0 Å². The fourth-order valence-electron chi connectivity index (χ4n) is 2.46. The van der Waals surface area contributed by atoms with E-state index < -0.39 is 0 Å². The van der Waals surface area contributed by atoms with Crippen molar-refractivity contribution in [3.05, 3.63) is 22.8 Å². The first-order chi connectivity index (χ1) is 10.1. The number of rotatable bonds is 6. The van der Waals surface area contributed by atoms with Gasteiger partial charge >= 0.3 is 0 Å². The predicted molar refractivity (Wildman–Crippen MR) is 84.0 cm³/mol. The van der Waals surface area contributed by atoms with Gasteiger partial charge in [-0.2, -0.15) is 0 Å². The number of hydrogen-bond acceptors (Lipinski definition) is 4. The lowest BCUT2D eigenvalue weighted by molar-refractivity contribution is 0.0539. The zero-order valence-corrected chi connectivity index (χ0v) is 13.3. The van der Waals surface area contributed by atoms with E-state index in [-0.39, 0.29) is 12.0 Å². The van der Waals surface area contributed by atoms with Gasteiger partial charge in [-0.15, -0.1) is 0 Å². The van der Waals surface area contributed by atoms with Gasteiger partial charge in [0.2, 0.25) is 0 Å². The van der Waals surface area contributed by atoms with Gasteiger partial charge in [-0.05, 0) is 38.8 Å². The number of nitrogens with zero attached hydrogens (tertiary/aromatic N) is 2. The minimum Gasteiger partial charge on any atom is -0.376 e. The highest BCUT2D eigenvalue weighted by Gasteiger charge is 2.23. The Hall–Kier alpha value is -1.33. The lowest BCUT2D eigenvalue weighted by Gasteiger charge is -2.24. The molecular formula is C15H22ClN3O2. The zero-order chi connectivity index (χ0) is 15.2. The van der Waals surface area contributed by atoms with Gasteiger partial charge in [-0.3, -0.25) is 4.79 Å². The third-order valence-electron chi connectivity index (χ3n) is 3.52. The average molecular weight is 312 g/mol. The summed E-state index contributed by atoms with van der Waals surface area (Å²) in [5.74, 6) is 0.595. The molecule has 0 aliphatic carbocycles. The fourth-order valence-corrected chi connectivity index (χ4v) is 2.67. The molecule has 1 saturated heterocycles. The van der Waals surface area contributed by atoms with Crippen LogP contribution in [-0.4, -0.2) is 48.1 Å². The van der Waals surface area contributed by atoms with Crippen molar-refractivity contribution in [2.24, 2.45) is 0 Å². The average Bonchev–Trinajstić information content (AvgIpc) is 2.96. The topological polar surface area (TPSA) is 54.5 Å².